The summed E-state index contributed by atoms with van der Waals surface area (Å²) >= 11 is 0. The predicted octanol–water partition coefficient (Wildman–Crippen LogP) is 4.79. The van der Waals surface area contributed by atoms with Crippen LogP contribution in [-0.4, -0.2) is 29.3 Å². The van der Waals surface area contributed by atoms with E-state index in [1.165, 1.54) is 32.4 Å². The Morgan fingerprint density at radius 2 is 1.24 bits per heavy atom. The van der Waals surface area contributed by atoms with E-state index in [1.54, 1.807) is 0 Å². The number of benzene rings is 3. The molecule has 0 radical (unpaired) electrons. The van der Waals surface area contributed by atoms with Gasteiger partial charge in [-0.15, -0.1) is 0 Å². The van der Waals surface area contributed by atoms with Gasteiger partial charge in [0.25, 0.3) is 0 Å². The molecule has 0 N–H and O–H groups in total. The number of nitrogens with zero attached hydrogens (tertiary/aromatic N) is 1. The second kappa shape index (κ2) is 6.25. The Labute approximate surface area is 150 Å². The fourth-order valence-corrected chi connectivity index (χ4v) is 5.58. The van der Waals surface area contributed by atoms with Crippen LogP contribution in [0.1, 0.15) is 0 Å². The molecule has 0 saturated carbocycles. The standard InChI is InChI=1S/C22H20NOS/c1-3-7-21-19(5-1)20-6-2-4-8-22(20)23(21)17-9-11-18(12-10-17)25-15-13-24-14-16-25/h1-12H,13-16H2/q+1. The van der Waals surface area contributed by atoms with Crippen molar-refractivity contribution in [3.8, 4) is 5.69 Å². The maximum atomic E-state index is 5.50. The lowest BCUT2D eigenvalue weighted by Crippen LogP contribution is -2.26. The monoisotopic (exact) mass is 346 g/mol. The van der Waals surface area contributed by atoms with E-state index in [0.717, 1.165) is 24.7 Å². The predicted molar refractivity (Wildman–Crippen MR) is 107 cm³/mol. The van der Waals surface area contributed by atoms with Gasteiger partial charge in [-0.1, -0.05) is 36.4 Å². The fourth-order valence-electron chi connectivity index (χ4n) is 3.75. The summed E-state index contributed by atoms with van der Waals surface area (Å²) in [6.45, 7) is 1.80. The molecule has 1 fully saturated rings. The van der Waals surface area contributed by atoms with E-state index in [-0.39, 0.29) is 0 Å². The normalized spacial score (nSPS) is 15.8. The summed E-state index contributed by atoms with van der Waals surface area (Å²) in [4.78, 5) is 1.47. The molecular formula is C22H20NOS+. The number of hydrogen-bond donors (Lipinski definition) is 0. The highest BCUT2D eigenvalue weighted by Crippen LogP contribution is 2.32. The Kier molecular flexibility index (Phi) is 3.76. The Morgan fingerprint density at radius 1 is 0.680 bits per heavy atom. The third-order valence-corrected chi connectivity index (χ3v) is 7.21. The van der Waals surface area contributed by atoms with Gasteiger partial charge in [-0.2, -0.15) is 0 Å². The molecule has 1 aliphatic rings. The van der Waals surface area contributed by atoms with Crippen molar-refractivity contribution in [1.29, 1.82) is 0 Å². The van der Waals surface area contributed by atoms with Gasteiger partial charge in [-0.3, -0.25) is 0 Å². The first-order valence-electron chi connectivity index (χ1n) is 8.76. The minimum absolute atomic E-state index is 0.348. The Bertz CT molecular complexity index is 976. The molecule has 0 unspecified atom stereocenters. The van der Waals surface area contributed by atoms with Gasteiger partial charge >= 0.3 is 0 Å². The molecule has 3 heteroatoms. The van der Waals surface area contributed by atoms with E-state index < -0.39 is 0 Å². The molecule has 2 nitrogen and oxygen atoms in total. The van der Waals surface area contributed by atoms with Crippen LogP contribution < -0.4 is 0 Å². The lowest BCUT2D eigenvalue weighted by molar-refractivity contribution is 0.159. The zero-order valence-corrected chi connectivity index (χ0v) is 14.8. The molecule has 4 aromatic rings. The first-order chi connectivity index (χ1) is 12.4. The number of ether oxygens (including phenoxy) is 1. The Hall–Kier alpha value is -2.23. The van der Waals surface area contributed by atoms with Gasteiger partial charge in [0.1, 0.15) is 11.5 Å². The van der Waals surface area contributed by atoms with E-state index in [1.807, 2.05) is 0 Å². The van der Waals surface area contributed by atoms with Crippen molar-refractivity contribution in [3.63, 3.8) is 0 Å². The van der Waals surface area contributed by atoms with Gasteiger partial charge in [0.05, 0.1) is 24.2 Å². The second-order valence-electron chi connectivity index (χ2n) is 6.38. The average molecular weight is 346 g/mol. The molecule has 1 saturated heterocycles. The smallest absolute Gasteiger partial charge is 0.155 e. The maximum Gasteiger partial charge on any atom is 0.155 e. The molecule has 2 heterocycles. The quantitative estimate of drug-likeness (QED) is 0.476. The average Bonchev–Trinajstić information content (AvgIpc) is 3.03. The van der Waals surface area contributed by atoms with Gasteiger partial charge < -0.3 is 9.30 Å². The van der Waals surface area contributed by atoms with Crippen LogP contribution >= 0.6 is 0 Å². The van der Waals surface area contributed by atoms with Crippen molar-refractivity contribution in [1.82, 2.24) is 4.57 Å². The van der Waals surface area contributed by atoms with Crippen molar-refractivity contribution in [2.45, 2.75) is 4.90 Å². The molecule has 1 aromatic heterocycles. The molecule has 25 heavy (non-hydrogen) atoms. The number of rotatable bonds is 2. The number of para-hydroxylation sites is 2. The molecule has 0 aliphatic carbocycles. The van der Waals surface area contributed by atoms with Crippen molar-refractivity contribution < 1.29 is 4.74 Å². The SMILES string of the molecule is c1ccc2c(c1)c1ccccc1n2-c1ccc([S+]2CCOCC2)cc1. The molecule has 1 aliphatic heterocycles. The third-order valence-electron chi connectivity index (χ3n) is 4.96. The van der Waals surface area contributed by atoms with E-state index in [9.17, 15) is 0 Å². The lowest BCUT2D eigenvalue weighted by atomic mass is 10.2. The highest BCUT2D eigenvalue weighted by Gasteiger charge is 2.25. The largest absolute Gasteiger partial charge is 0.372 e. The van der Waals surface area contributed by atoms with Crippen LogP contribution in [0.4, 0.5) is 0 Å². The summed E-state index contributed by atoms with van der Waals surface area (Å²) < 4.78 is 7.88. The van der Waals surface area contributed by atoms with Crippen molar-refractivity contribution in [3.05, 3.63) is 72.8 Å². The topological polar surface area (TPSA) is 14.2 Å². The molecule has 124 valence electrons. The molecular weight excluding hydrogens is 326 g/mol. The Morgan fingerprint density at radius 3 is 1.84 bits per heavy atom. The Balaban J connectivity index is 1.65. The van der Waals surface area contributed by atoms with E-state index in [0.29, 0.717) is 10.9 Å². The van der Waals surface area contributed by atoms with Gasteiger partial charge in [-0.05, 0) is 36.4 Å². The minimum atomic E-state index is 0.348. The van der Waals surface area contributed by atoms with Crippen LogP contribution in [0.3, 0.4) is 0 Å². The van der Waals surface area contributed by atoms with Crippen LogP contribution in [0.5, 0.6) is 0 Å². The highest BCUT2D eigenvalue weighted by atomic mass is 32.2. The minimum Gasteiger partial charge on any atom is -0.372 e. The fraction of sp³-hybridized carbons (Fsp3) is 0.182. The van der Waals surface area contributed by atoms with Crippen LogP contribution in [-0.2, 0) is 15.6 Å². The summed E-state index contributed by atoms with van der Waals surface area (Å²) in [5, 5.41) is 2.63. The maximum absolute atomic E-state index is 5.50. The molecule has 3 aromatic carbocycles. The summed E-state index contributed by atoms with van der Waals surface area (Å²) in [5.74, 6) is 2.32. The van der Waals surface area contributed by atoms with Gasteiger partial charge in [0.15, 0.2) is 4.90 Å². The van der Waals surface area contributed by atoms with Crippen LogP contribution in [0, 0.1) is 0 Å². The molecule has 5 rings (SSSR count). The first kappa shape index (κ1) is 15.1. The third kappa shape index (κ3) is 2.55. The van der Waals surface area contributed by atoms with E-state index in [4.69, 9.17) is 4.74 Å². The van der Waals surface area contributed by atoms with Crippen LogP contribution in [0.2, 0.25) is 0 Å². The zero-order valence-electron chi connectivity index (χ0n) is 14.0. The van der Waals surface area contributed by atoms with Crippen molar-refractivity contribution >= 4 is 32.7 Å². The van der Waals surface area contributed by atoms with Crippen molar-refractivity contribution in [2.75, 3.05) is 24.7 Å². The van der Waals surface area contributed by atoms with E-state index >= 15 is 0 Å². The van der Waals surface area contributed by atoms with Crippen molar-refractivity contribution in [2.24, 2.45) is 0 Å². The molecule has 0 amide bonds. The first-order valence-corrected chi connectivity index (χ1v) is 10.3. The number of fused-ring (bicyclic) bond motifs is 3. The molecule has 0 atom stereocenters. The van der Waals surface area contributed by atoms with E-state index in [2.05, 4.69) is 77.4 Å². The summed E-state index contributed by atoms with van der Waals surface area (Å²) in [6.07, 6.45) is 0. The van der Waals surface area contributed by atoms with Gasteiger partial charge in [0, 0.05) is 27.4 Å². The second-order valence-corrected chi connectivity index (χ2v) is 8.65. The van der Waals surface area contributed by atoms with Crippen LogP contribution in [0.15, 0.2) is 77.7 Å². The summed E-state index contributed by atoms with van der Waals surface area (Å²) in [6, 6.07) is 26.5. The molecule has 0 bridgehead atoms. The van der Waals surface area contributed by atoms with Gasteiger partial charge in [-0.25, -0.2) is 0 Å². The highest BCUT2D eigenvalue weighted by molar-refractivity contribution is 7.97. The van der Waals surface area contributed by atoms with Crippen LogP contribution in [0.25, 0.3) is 27.5 Å². The summed E-state index contributed by atoms with van der Waals surface area (Å²) in [7, 11) is 0.348. The molecule has 0 spiro atoms. The number of aromatic nitrogens is 1. The lowest BCUT2D eigenvalue weighted by Gasteiger charge is -2.14. The summed E-state index contributed by atoms with van der Waals surface area (Å²) in [5.41, 5.74) is 3.77. The van der Waals surface area contributed by atoms with Gasteiger partial charge in [0.2, 0.25) is 0 Å². The zero-order chi connectivity index (χ0) is 16.6. The number of hydrogen-bond acceptors (Lipinski definition) is 1.